The number of piperazine rings is 1. The number of rotatable bonds is 4. The second-order valence-corrected chi connectivity index (χ2v) is 5.40. The van der Waals surface area contributed by atoms with Gasteiger partial charge < -0.3 is 10.5 Å². The van der Waals surface area contributed by atoms with Gasteiger partial charge in [0.05, 0.1) is 12.1 Å². The van der Waals surface area contributed by atoms with Crippen molar-refractivity contribution in [2.75, 3.05) is 40.4 Å². The molecule has 96 valence electrons. The predicted octanol–water partition coefficient (Wildman–Crippen LogP) is 0.375. The van der Waals surface area contributed by atoms with Gasteiger partial charge in [-0.25, -0.2) is 0 Å². The number of likely N-dealkylation sites (N-methyl/N-ethyl adjacent to an activating group) is 1. The molecule has 1 rings (SSSR count). The van der Waals surface area contributed by atoms with E-state index in [0.717, 1.165) is 13.1 Å². The summed E-state index contributed by atoms with van der Waals surface area (Å²) in [7, 11) is 3.94. The molecule has 1 fully saturated rings. The van der Waals surface area contributed by atoms with Crippen LogP contribution in [0.3, 0.4) is 0 Å². The quantitative estimate of drug-likeness (QED) is 0.756. The van der Waals surface area contributed by atoms with Gasteiger partial charge in [-0.3, -0.25) is 9.80 Å². The summed E-state index contributed by atoms with van der Waals surface area (Å²) in [6, 6.07) is 1.15. The number of hydrogen-bond donors (Lipinski definition) is 1. The molecule has 0 aromatic carbocycles. The van der Waals surface area contributed by atoms with Crippen LogP contribution in [0.15, 0.2) is 0 Å². The first-order chi connectivity index (χ1) is 7.44. The van der Waals surface area contributed by atoms with Crippen molar-refractivity contribution in [2.45, 2.75) is 38.4 Å². The molecule has 0 bridgehead atoms. The van der Waals surface area contributed by atoms with Gasteiger partial charge in [0.25, 0.3) is 0 Å². The van der Waals surface area contributed by atoms with Crippen molar-refractivity contribution >= 4 is 0 Å². The lowest BCUT2D eigenvalue weighted by atomic mass is 9.96. The highest BCUT2D eigenvalue weighted by Gasteiger charge is 2.37. The molecule has 0 spiro atoms. The average molecular weight is 229 g/mol. The molecule has 16 heavy (non-hydrogen) atoms. The van der Waals surface area contributed by atoms with Crippen LogP contribution in [0, 0.1) is 0 Å². The van der Waals surface area contributed by atoms with Crippen molar-refractivity contribution in [3.05, 3.63) is 0 Å². The second-order valence-electron chi connectivity index (χ2n) is 5.40. The minimum atomic E-state index is -0.0292. The number of nitrogens with two attached hydrogens (primary N) is 1. The van der Waals surface area contributed by atoms with E-state index < -0.39 is 0 Å². The van der Waals surface area contributed by atoms with Gasteiger partial charge in [-0.15, -0.1) is 0 Å². The molecule has 0 aliphatic carbocycles. The Morgan fingerprint density at radius 3 is 2.19 bits per heavy atom. The first-order valence-corrected chi connectivity index (χ1v) is 6.10. The van der Waals surface area contributed by atoms with Gasteiger partial charge in [-0.1, -0.05) is 0 Å². The fraction of sp³-hybridized carbons (Fsp3) is 1.00. The Labute approximate surface area is 99.7 Å². The van der Waals surface area contributed by atoms with Gasteiger partial charge in [0.15, 0.2) is 0 Å². The van der Waals surface area contributed by atoms with Crippen LogP contribution in [0.1, 0.15) is 20.8 Å². The molecular formula is C12H27N3O. The van der Waals surface area contributed by atoms with Crippen molar-refractivity contribution in [3.63, 3.8) is 0 Å². The largest absolute Gasteiger partial charge is 0.383 e. The SMILES string of the molecule is COCC(C)(CN)N1CC(C)N(C)C(C)C1. The van der Waals surface area contributed by atoms with Crippen LogP contribution in [-0.2, 0) is 4.74 Å². The third-order valence-electron chi connectivity index (χ3n) is 4.02. The number of hydrogen-bond acceptors (Lipinski definition) is 4. The molecule has 3 unspecified atom stereocenters. The highest BCUT2D eigenvalue weighted by Crippen LogP contribution is 2.22. The van der Waals surface area contributed by atoms with Gasteiger partial charge in [0.2, 0.25) is 0 Å². The average Bonchev–Trinajstić information content (AvgIpc) is 2.25. The lowest BCUT2D eigenvalue weighted by Gasteiger charge is -2.49. The Bertz CT molecular complexity index is 212. The highest BCUT2D eigenvalue weighted by atomic mass is 16.5. The smallest absolute Gasteiger partial charge is 0.0656 e. The van der Waals surface area contributed by atoms with Gasteiger partial charge in [-0.2, -0.15) is 0 Å². The second kappa shape index (κ2) is 5.45. The minimum Gasteiger partial charge on any atom is -0.383 e. The normalized spacial score (nSPS) is 32.6. The van der Waals surface area contributed by atoms with Crippen LogP contribution >= 0.6 is 0 Å². The fourth-order valence-corrected chi connectivity index (χ4v) is 2.44. The van der Waals surface area contributed by atoms with E-state index in [0.29, 0.717) is 25.2 Å². The molecule has 0 radical (unpaired) electrons. The standard InChI is InChI=1S/C12H27N3O/c1-10-6-15(7-11(2)14(10)4)12(3,8-13)9-16-5/h10-11H,6-9,13H2,1-5H3. The molecule has 1 heterocycles. The first-order valence-electron chi connectivity index (χ1n) is 6.10. The van der Waals surface area contributed by atoms with E-state index in [4.69, 9.17) is 10.5 Å². The van der Waals surface area contributed by atoms with Crippen LogP contribution in [-0.4, -0.2) is 67.8 Å². The van der Waals surface area contributed by atoms with Crippen molar-refractivity contribution in [1.82, 2.24) is 9.80 Å². The zero-order chi connectivity index (χ0) is 12.3. The summed E-state index contributed by atoms with van der Waals surface area (Å²) in [4.78, 5) is 4.91. The van der Waals surface area contributed by atoms with Gasteiger partial charge in [0, 0.05) is 38.8 Å². The molecule has 0 saturated carbocycles. The van der Waals surface area contributed by atoms with Gasteiger partial charge in [-0.05, 0) is 27.8 Å². The lowest BCUT2D eigenvalue weighted by Crippen LogP contribution is -2.64. The molecule has 3 atom stereocenters. The number of methoxy groups -OCH3 is 1. The molecule has 0 aromatic rings. The third-order valence-corrected chi connectivity index (χ3v) is 4.02. The van der Waals surface area contributed by atoms with Crippen molar-refractivity contribution in [1.29, 1.82) is 0 Å². The van der Waals surface area contributed by atoms with E-state index in [1.807, 2.05) is 0 Å². The maximum absolute atomic E-state index is 5.91. The molecule has 4 heteroatoms. The summed E-state index contributed by atoms with van der Waals surface area (Å²) in [6.07, 6.45) is 0. The van der Waals surface area contributed by atoms with Crippen molar-refractivity contribution < 1.29 is 4.74 Å². The Morgan fingerprint density at radius 1 is 1.31 bits per heavy atom. The van der Waals surface area contributed by atoms with E-state index >= 15 is 0 Å². The van der Waals surface area contributed by atoms with Crippen molar-refractivity contribution in [2.24, 2.45) is 5.73 Å². The van der Waals surface area contributed by atoms with Crippen LogP contribution < -0.4 is 5.73 Å². The van der Waals surface area contributed by atoms with E-state index in [9.17, 15) is 0 Å². The molecule has 1 aliphatic rings. The molecule has 4 nitrogen and oxygen atoms in total. The molecular weight excluding hydrogens is 202 g/mol. The summed E-state index contributed by atoms with van der Waals surface area (Å²) in [5.74, 6) is 0. The fourth-order valence-electron chi connectivity index (χ4n) is 2.44. The zero-order valence-corrected chi connectivity index (χ0v) is 11.4. The number of nitrogens with zero attached hydrogens (tertiary/aromatic N) is 2. The Balaban J connectivity index is 2.72. The predicted molar refractivity (Wildman–Crippen MR) is 67.6 cm³/mol. The Kier molecular flexibility index (Phi) is 4.73. The maximum Gasteiger partial charge on any atom is 0.0656 e. The first kappa shape index (κ1) is 13.9. The summed E-state index contributed by atoms with van der Waals surface area (Å²) >= 11 is 0. The molecule has 0 aromatic heterocycles. The van der Waals surface area contributed by atoms with E-state index in [1.54, 1.807) is 7.11 Å². The molecule has 0 amide bonds. The summed E-state index contributed by atoms with van der Waals surface area (Å²) < 4.78 is 5.31. The van der Waals surface area contributed by atoms with Crippen LogP contribution in [0.25, 0.3) is 0 Å². The Morgan fingerprint density at radius 2 is 1.81 bits per heavy atom. The topological polar surface area (TPSA) is 41.7 Å². The van der Waals surface area contributed by atoms with Crippen LogP contribution in [0.2, 0.25) is 0 Å². The lowest BCUT2D eigenvalue weighted by molar-refractivity contribution is -0.0343. The third kappa shape index (κ3) is 2.74. The van der Waals surface area contributed by atoms with Crippen LogP contribution in [0.5, 0.6) is 0 Å². The van der Waals surface area contributed by atoms with Gasteiger partial charge >= 0.3 is 0 Å². The van der Waals surface area contributed by atoms with Crippen LogP contribution in [0.4, 0.5) is 0 Å². The van der Waals surface area contributed by atoms with Crippen molar-refractivity contribution in [3.8, 4) is 0 Å². The zero-order valence-electron chi connectivity index (χ0n) is 11.4. The summed E-state index contributed by atoms with van der Waals surface area (Å²) in [6.45, 7) is 10.2. The number of ether oxygens (including phenoxy) is 1. The monoisotopic (exact) mass is 229 g/mol. The molecule has 1 saturated heterocycles. The maximum atomic E-state index is 5.91. The van der Waals surface area contributed by atoms with E-state index in [2.05, 4.69) is 37.6 Å². The highest BCUT2D eigenvalue weighted by molar-refractivity contribution is 4.94. The summed E-state index contributed by atoms with van der Waals surface area (Å²) in [5.41, 5.74) is 5.88. The minimum absolute atomic E-state index is 0.0292. The van der Waals surface area contributed by atoms with E-state index in [1.165, 1.54) is 0 Å². The van der Waals surface area contributed by atoms with E-state index in [-0.39, 0.29) is 5.54 Å². The van der Waals surface area contributed by atoms with Gasteiger partial charge in [0.1, 0.15) is 0 Å². The summed E-state index contributed by atoms with van der Waals surface area (Å²) in [5, 5.41) is 0. The Hall–Kier alpha value is -0.160. The molecule has 2 N–H and O–H groups in total. The molecule has 1 aliphatic heterocycles.